The molecule has 31 heavy (non-hydrogen) atoms. The molecule has 8 nitrogen and oxygen atoms in total. The van der Waals surface area contributed by atoms with Crippen LogP contribution >= 0.6 is 11.8 Å². The van der Waals surface area contributed by atoms with Crippen LogP contribution < -0.4 is 19.5 Å². The third kappa shape index (κ3) is 6.02. The Morgan fingerprint density at radius 3 is 2.55 bits per heavy atom. The van der Waals surface area contributed by atoms with Crippen molar-refractivity contribution in [3.8, 4) is 17.2 Å². The Labute approximate surface area is 184 Å². The van der Waals surface area contributed by atoms with Gasteiger partial charge in [-0.3, -0.25) is 4.79 Å². The quantitative estimate of drug-likeness (QED) is 0.493. The van der Waals surface area contributed by atoms with Crippen molar-refractivity contribution in [3.63, 3.8) is 0 Å². The summed E-state index contributed by atoms with van der Waals surface area (Å²) in [7, 11) is 2.89. The van der Waals surface area contributed by atoms with E-state index in [0.717, 1.165) is 11.3 Å². The summed E-state index contributed by atoms with van der Waals surface area (Å²) in [6.07, 6.45) is 1.74. The molecule has 0 aromatic heterocycles. The third-order valence-corrected chi connectivity index (χ3v) is 5.00. The van der Waals surface area contributed by atoms with Crippen LogP contribution in [-0.4, -0.2) is 44.5 Å². The van der Waals surface area contributed by atoms with Gasteiger partial charge in [0.15, 0.2) is 23.3 Å². The zero-order chi connectivity index (χ0) is 22.2. The van der Waals surface area contributed by atoms with Gasteiger partial charge < -0.3 is 24.3 Å². The monoisotopic (exact) mass is 442 g/mol. The summed E-state index contributed by atoms with van der Waals surface area (Å²) >= 11 is 1.24. The Kier molecular flexibility index (Phi) is 7.55. The minimum atomic E-state index is -0.489. The first kappa shape index (κ1) is 22.2. The van der Waals surface area contributed by atoms with Crippen molar-refractivity contribution in [1.29, 1.82) is 0 Å². The molecule has 0 radical (unpaired) electrons. The molecule has 0 aliphatic carbocycles. The van der Waals surface area contributed by atoms with Crippen LogP contribution in [0, 0.1) is 0 Å². The van der Waals surface area contributed by atoms with Gasteiger partial charge in [-0.15, -0.1) is 0 Å². The largest absolute Gasteiger partial charge is 0.497 e. The molecule has 0 bridgehead atoms. The molecule has 3 rings (SSSR count). The number of nitrogens with one attached hydrogen (secondary N) is 1. The molecule has 0 spiro atoms. The molecule has 2 aromatic rings. The van der Waals surface area contributed by atoms with Crippen molar-refractivity contribution in [2.24, 2.45) is 4.99 Å². The number of rotatable bonds is 8. The molecule has 0 saturated carbocycles. The second kappa shape index (κ2) is 10.5. The van der Waals surface area contributed by atoms with Crippen LogP contribution in [0.3, 0.4) is 0 Å². The van der Waals surface area contributed by atoms with Crippen molar-refractivity contribution in [2.75, 3.05) is 27.4 Å². The SMILES string of the molecule is CCOc1cc(/C=C2/SC(=Nc3ccc(OC)cc3)NC2=O)ccc1OCC(=O)OC. The van der Waals surface area contributed by atoms with Crippen molar-refractivity contribution >= 4 is 40.6 Å². The van der Waals surface area contributed by atoms with E-state index < -0.39 is 5.97 Å². The molecule has 0 unspecified atom stereocenters. The average Bonchev–Trinajstić information content (AvgIpc) is 3.12. The predicted molar refractivity (Wildman–Crippen MR) is 119 cm³/mol. The van der Waals surface area contributed by atoms with Crippen LogP contribution in [0.1, 0.15) is 12.5 Å². The number of ether oxygens (including phenoxy) is 4. The molecule has 2 aromatic carbocycles. The zero-order valence-corrected chi connectivity index (χ0v) is 18.2. The van der Waals surface area contributed by atoms with Gasteiger partial charge >= 0.3 is 5.97 Å². The standard InChI is InChI=1S/C22H22N2O6S/c1-4-29-18-11-14(5-10-17(18)30-13-20(25)28-3)12-19-21(26)24-22(31-19)23-15-6-8-16(27-2)9-7-15/h5-12H,4,13H2,1-3H3,(H,23,24,26)/b19-12+. The van der Waals surface area contributed by atoms with Gasteiger partial charge in [0.05, 0.1) is 31.4 Å². The van der Waals surface area contributed by atoms with Crippen LogP contribution in [-0.2, 0) is 14.3 Å². The van der Waals surface area contributed by atoms with E-state index in [1.54, 1.807) is 43.5 Å². The van der Waals surface area contributed by atoms with Gasteiger partial charge in [0.25, 0.3) is 5.91 Å². The van der Waals surface area contributed by atoms with Gasteiger partial charge in [-0.25, -0.2) is 9.79 Å². The molecule has 1 aliphatic heterocycles. The maximum Gasteiger partial charge on any atom is 0.343 e. The second-order valence-electron chi connectivity index (χ2n) is 6.18. The molecule has 1 saturated heterocycles. The van der Waals surface area contributed by atoms with Crippen LogP contribution in [0.5, 0.6) is 17.2 Å². The molecular formula is C22H22N2O6S. The third-order valence-electron chi connectivity index (χ3n) is 4.09. The van der Waals surface area contributed by atoms with Gasteiger partial charge in [-0.05, 0) is 66.7 Å². The summed E-state index contributed by atoms with van der Waals surface area (Å²) < 4.78 is 20.8. The van der Waals surface area contributed by atoms with E-state index in [-0.39, 0.29) is 12.5 Å². The molecule has 1 amide bonds. The first-order chi connectivity index (χ1) is 15.0. The van der Waals surface area contributed by atoms with E-state index in [4.69, 9.17) is 14.2 Å². The summed E-state index contributed by atoms with van der Waals surface area (Å²) in [6.45, 7) is 2.04. The number of aliphatic imine (C=N–C) groups is 1. The number of methoxy groups -OCH3 is 2. The molecule has 1 aliphatic rings. The van der Waals surface area contributed by atoms with Gasteiger partial charge in [0.1, 0.15) is 5.75 Å². The molecular weight excluding hydrogens is 420 g/mol. The van der Waals surface area contributed by atoms with Crippen LogP contribution in [0.15, 0.2) is 52.4 Å². The highest BCUT2D eigenvalue weighted by Gasteiger charge is 2.24. The number of nitrogens with zero attached hydrogens (tertiary/aromatic N) is 1. The lowest BCUT2D eigenvalue weighted by Gasteiger charge is -2.12. The minimum absolute atomic E-state index is 0.222. The molecule has 0 atom stereocenters. The second-order valence-corrected chi connectivity index (χ2v) is 7.21. The maximum absolute atomic E-state index is 12.4. The lowest BCUT2D eigenvalue weighted by molar-refractivity contribution is -0.142. The number of benzene rings is 2. The summed E-state index contributed by atoms with van der Waals surface area (Å²) in [5.41, 5.74) is 1.45. The van der Waals surface area contributed by atoms with Gasteiger partial charge in [-0.1, -0.05) is 6.07 Å². The first-order valence-electron chi connectivity index (χ1n) is 9.42. The number of hydrogen-bond donors (Lipinski definition) is 1. The number of amidine groups is 1. The van der Waals surface area contributed by atoms with Crippen molar-refractivity contribution in [3.05, 3.63) is 52.9 Å². The molecule has 9 heteroatoms. The fourth-order valence-corrected chi connectivity index (χ4v) is 3.45. The van der Waals surface area contributed by atoms with Crippen LogP contribution in [0.25, 0.3) is 6.08 Å². The van der Waals surface area contributed by atoms with Crippen molar-refractivity contribution in [2.45, 2.75) is 6.92 Å². The fraction of sp³-hybridized carbons (Fsp3) is 0.227. The lowest BCUT2D eigenvalue weighted by atomic mass is 10.2. The van der Waals surface area contributed by atoms with E-state index >= 15 is 0 Å². The van der Waals surface area contributed by atoms with Crippen molar-refractivity contribution < 1.29 is 28.5 Å². The number of esters is 1. The number of carbonyl (C=O) groups is 2. The lowest BCUT2D eigenvalue weighted by Crippen LogP contribution is -2.19. The average molecular weight is 442 g/mol. The number of hydrogen-bond acceptors (Lipinski definition) is 8. The van der Waals surface area contributed by atoms with Crippen LogP contribution in [0.4, 0.5) is 5.69 Å². The Morgan fingerprint density at radius 1 is 1.10 bits per heavy atom. The van der Waals surface area contributed by atoms with Gasteiger partial charge in [0, 0.05) is 0 Å². The predicted octanol–water partition coefficient (Wildman–Crippen LogP) is 3.54. The molecule has 1 heterocycles. The van der Waals surface area contributed by atoms with Gasteiger partial charge in [0.2, 0.25) is 0 Å². The fourth-order valence-electron chi connectivity index (χ4n) is 2.60. The smallest absolute Gasteiger partial charge is 0.343 e. The minimum Gasteiger partial charge on any atom is -0.497 e. The van der Waals surface area contributed by atoms with Gasteiger partial charge in [-0.2, -0.15) is 0 Å². The highest BCUT2D eigenvalue weighted by Crippen LogP contribution is 2.32. The summed E-state index contributed by atoms with van der Waals surface area (Å²) in [4.78, 5) is 28.6. The molecule has 162 valence electrons. The molecule has 1 fully saturated rings. The first-order valence-corrected chi connectivity index (χ1v) is 10.2. The van der Waals surface area contributed by atoms with E-state index in [1.807, 2.05) is 19.1 Å². The number of thioether (sulfide) groups is 1. The maximum atomic E-state index is 12.4. The number of amides is 1. The zero-order valence-electron chi connectivity index (χ0n) is 17.3. The highest BCUT2D eigenvalue weighted by atomic mass is 32.2. The summed E-state index contributed by atoms with van der Waals surface area (Å²) in [6, 6.07) is 12.4. The van der Waals surface area contributed by atoms with E-state index in [0.29, 0.717) is 33.9 Å². The van der Waals surface area contributed by atoms with E-state index in [1.165, 1.54) is 18.9 Å². The summed E-state index contributed by atoms with van der Waals surface area (Å²) in [5.74, 6) is 0.894. The Bertz CT molecular complexity index is 1020. The van der Waals surface area contributed by atoms with E-state index in [2.05, 4.69) is 15.0 Å². The number of carbonyl (C=O) groups excluding carboxylic acids is 2. The Hall–Kier alpha value is -3.46. The Balaban J connectivity index is 1.76. The van der Waals surface area contributed by atoms with Crippen LogP contribution in [0.2, 0.25) is 0 Å². The topological polar surface area (TPSA) is 95.5 Å². The molecule has 1 N–H and O–H groups in total. The summed E-state index contributed by atoms with van der Waals surface area (Å²) in [5, 5.41) is 3.25. The van der Waals surface area contributed by atoms with E-state index in [9.17, 15) is 9.59 Å². The van der Waals surface area contributed by atoms with Crippen molar-refractivity contribution in [1.82, 2.24) is 5.32 Å². The normalized spacial score (nSPS) is 15.6. The highest BCUT2D eigenvalue weighted by molar-refractivity contribution is 8.18. The Morgan fingerprint density at radius 2 is 1.87 bits per heavy atom.